The zero-order chi connectivity index (χ0) is 19.7. The van der Waals surface area contributed by atoms with E-state index in [1.165, 1.54) is 19.4 Å². The Morgan fingerprint density at radius 3 is 2.64 bits per heavy atom. The molecule has 0 bridgehead atoms. The van der Waals surface area contributed by atoms with Crippen molar-refractivity contribution in [3.63, 3.8) is 0 Å². The van der Waals surface area contributed by atoms with E-state index in [1.54, 1.807) is 42.5 Å². The molecular weight excluding hydrogens is 360 g/mol. The lowest BCUT2D eigenvalue weighted by molar-refractivity contribution is 0.0730. The Hall–Kier alpha value is -3.80. The summed E-state index contributed by atoms with van der Waals surface area (Å²) in [5, 5.41) is 0.323. The number of benzene rings is 2. The Bertz CT molecular complexity index is 1220. The molecule has 4 rings (SSSR count). The number of hydrogen-bond donors (Lipinski definition) is 0. The van der Waals surface area contributed by atoms with E-state index >= 15 is 0 Å². The average molecular weight is 376 g/mol. The van der Waals surface area contributed by atoms with Gasteiger partial charge in [0.25, 0.3) is 0 Å². The van der Waals surface area contributed by atoms with E-state index in [4.69, 9.17) is 18.3 Å². The number of carbonyl (C=O) groups excluding carboxylic acids is 1. The lowest BCUT2D eigenvalue weighted by Gasteiger charge is -2.10. The fourth-order valence-electron chi connectivity index (χ4n) is 2.86. The summed E-state index contributed by atoms with van der Waals surface area (Å²) in [6.07, 6.45) is 1.45. The first-order valence-electron chi connectivity index (χ1n) is 8.54. The van der Waals surface area contributed by atoms with Gasteiger partial charge >= 0.3 is 5.97 Å². The van der Waals surface area contributed by atoms with Crippen LogP contribution >= 0.6 is 0 Å². The van der Waals surface area contributed by atoms with Crippen LogP contribution in [0.25, 0.3) is 22.5 Å². The maximum absolute atomic E-state index is 13.1. The molecule has 0 aliphatic carbocycles. The van der Waals surface area contributed by atoms with Crippen molar-refractivity contribution >= 4 is 16.9 Å². The molecule has 0 radical (unpaired) electrons. The van der Waals surface area contributed by atoms with Crippen molar-refractivity contribution in [2.45, 2.75) is 6.92 Å². The van der Waals surface area contributed by atoms with Crippen molar-refractivity contribution in [2.75, 3.05) is 7.11 Å². The number of ether oxygens (including phenoxy) is 2. The Labute approximate surface area is 159 Å². The molecule has 28 heavy (non-hydrogen) atoms. The molecular formula is C22H16O6. The molecule has 6 nitrogen and oxygen atoms in total. The largest absolute Gasteiger partial charge is 0.497 e. The Morgan fingerprint density at radius 1 is 1.04 bits per heavy atom. The third kappa shape index (κ3) is 3.16. The van der Waals surface area contributed by atoms with Crippen LogP contribution in [0.15, 0.2) is 74.5 Å². The molecule has 0 aliphatic rings. The highest BCUT2D eigenvalue weighted by Gasteiger charge is 2.23. The summed E-state index contributed by atoms with van der Waals surface area (Å²) in [5.74, 6) is -0.0793. The number of hydrogen-bond acceptors (Lipinski definition) is 6. The molecule has 2 heterocycles. The second kappa shape index (κ2) is 7.08. The molecule has 0 fully saturated rings. The Morgan fingerprint density at radius 2 is 1.89 bits per heavy atom. The molecule has 0 amide bonds. The van der Waals surface area contributed by atoms with Gasteiger partial charge in [0, 0.05) is 0 Å². The molecule has 0 aliphatic heterocycles. The summed E-state index contributed by atoms with van der Waals surface area (Å²) in [5.41, 5.74) is 1.06. The number of rotatable bonds is 4. The van der Waals surface area contributed by atoms with E-state index in [0.29, 0.717) is 16.7 Å². The van der Waals surface area contributed by atoms with E-state index in [9.17, 15) is 9.59 Å². The Balaban J connectivity index is 1.86. The van der Waals surface area contributed by atoms with E-state index in [1.807, 2.05) is 13.0 Å². The van der Waals surface area contributed by atoms with E-state index in [2.05, 4.69) is 0 Å². The first-order valence-corrected chi connectivity index (χ1v) is 8.54. The maximum Gasteiger partial charge on any atom is 0.343 e. The van der Waals surface area contributed by atoms with Gasteiger partial charge in [0.05, 0.1) is 24.3 Å². The minimum Gasteiger partial charge on any atom is -0.497 e. The standard InChI is InChI=1S/C22H16O6/c1-13-8-9-17-16(11-13)19(23)21(20(27-17)18-7-4-10-26-18)28-22(24)14-5-3-6-15(12-14)25-2/h3-12H,1-2H3. The topological polar surface area (TPSA) is 78.9 Å². The molecule has 2 aromatic carbocycles. The van der Waals surface area contributed by atoms with Gasteiger partial charge in [-0.3, -0.25) is 4.79 Å². The number of aryl methyl sites for hydroxylation is 1. The second-order valence-corrected chi connectivity index (χ2v) is 6.19. The van der Waals surface area contributed by atoms with Crippen LogP contribution in [-0.2, 0) is 0 Å². The predicted octanol–water partition coefficient (Wildman–Crippen LogP) is 4.59. The number of methoxy groups -OCH3 is 1. The van der Waals surface area contributed by atoms with Crippen molar-refractivity contribution in [2.24, 2.45) is 0 Å². The van der Waals surface area contributed by atoms with Crippen LogP contribution in [0, 0.1) is 6.92 Å². The van der Waals surface area contributed by atoms with Gasteiger partial charge in [0.1, 0.15) is 11.3 Å². The molecule has 0 spiro atoms. The van der Waals surface area contributed by atoms with Gasteiger partial charge in [-0.1, -0.05) is 17.7 Å². The van der Waals surface area contributed by atoms with Crippen molar-refractivity contribution in [3.05, 3.63) is 82.2 Å². The quantitative estimate of drug-likeness (QED) is 0.485. The fourth-order valence-corrected chi connectivity index (χ4v) is 2.86. The van der Waals surface area contributed by atoms with Crippen LogP contribution in [0.3, 0.4) is 0 Å². The molecule has 0 N–H and O–H groups in total. The molecule has 0 saturated heterocycles. The van der Waals surface area contributed by atoms with Crippen LogP contribution in [0.4, 0.5) is 0 Å². The third-order valence-electron chi connectivity index (χ3n) is 4.25. The summed E-state index contributed by atoms with van der Waals surface area (Å²) in [6, 6.07) is 15.0. The summed E-state index contributed by atoms with van der Waals surface area (Å²) in [7, 11) is 1.50. The Kier molecular flexibility index (Phi) is 4.45. The van der Waals surface area contributed by atoms with Gasteiger partial charge in [-0.15, -0.1) is 0 Å². The number of furan rings is 1. The van der Waals surface area contributed by atoms with Crippen molar-refractivity contribution < 1.29 is 23.1 Å². The highest BCUT2D eigenvalue weighted by molar-refractivity contribution is 5.93. The van der Waals surface area contributed by atoms with Gasteiger partial charge in [0.2, 0.25) is 16.9 Å². The molecule has 0 unspecified atom stereocenters. The van der Waals surface area contributed by atoms with Gasteiger partial charge < -0.3 is 18.3 Å². The number of esters is 1. The normalized spacial score (nSPS) is 10.8. The zero-order valence-corrected chi connectivity index (χ0v) is 15.2. The molecule has 140 valence electrons. The highest BCUT2D eigenvalue weighted by atomic mass is 16.5. The van der Waals surface area contributed by atoms with Gasteiger partial charge in [-0.25, -0.2) is 4.79 Å². The minimum atomic E-state index is -0.703. The van der Waals surface area contributed by atoms with Crippen LogP contribution in [0.1, 0.15) is 15.9 Å². The highest BCUT2D eigenvalue weighted by Crippen LogP contribution is 2.32. The fraction of sp³-hybridized carbons (Fsp3) is 0.0909. The first-order chi connectivity index (χ1) is 13.6. The van der Waals surface area contributed by atoms with E-state index in [-0.39, 0.29) is 22.8 Å². The molecule has 2 aromatic heterocycles. The van der Waals surface area contributed by atoms with Gasteiger partial charge in [-0.05, 0) is 49.4 Å². The van der Waals surface area contributed by atoms with Crippen molar-refractivity contribution in [3.8, 4) is 23.0 Å². The monoisotopic (exact) mass is 376 g/mol. The number of fused-ring (bicyclic) bond motifs is 1. The van der Waals surface area contributed by atoms with Gasteiger partial charge in [-0.2, -0.15) is 0 Å². The molecule has 4 aromatic rings. The summed E-state index contributed by atoms with van der Waals surface area (Å²) >= 11 is 0. The lowest BCUT2D eigenvalue weighted by Crippen LogP contribution is -2.16. The summed E-state index contributed by atoms with van der Waals surface area (Å²) < 4.78 is 21.8. The average Bonchev–Trinajstić information content (AvgIpc) is 3.25. The summed E-state index contributed by atoms with van der Waals surface area (Å²) in [6.45, 7) is 1.86. The van der Waals surface area contributed by atoms with E-state index < -0.39 is 11.4 Å². The molecule has 0 atom stereocenters. The van der Waals surface area contributed by atoms with Crippen molar-refractivity contribution in [1.29, 1.82) is 0 Å². The lowest BCUT2D eigenvalue weighted by atomic mass is 10.1. The molecule has 0 saturated carbocycles. The van der Waals surface area contributed by atoms with Crippen LogP contribution in [-0.4, -0.2) is 13.1 Å². The summed E-state index contributed by atoms with van der Waals surface area (Å²) in [4.78, 5) is 25.8. The minimum absolute atomic E-state index is 0.0580. The van der Waals surface area contributed by atoms with Crippen LogP contribution in [0.5, 0.6) is 11.5 Å². The smallest absolute Gasteiger partial charge is 0.343 e. The zero-order valence-electron chi connectivity index (χ0n) is 15.2. The predicted molar refractivity (Wildman–Crippen MR) is 103 cm³/mol. The van der Waals surface area contributed by atoms with Crippen LogP contribution < -0.4 is 14.9 Å². The first kappa shape index (κ1) is 17.6. The third-order valence-corrected chi connectivity index (χ3v) is 4.25. The molecule has 6 heteroatoms. The van der Waals surface area contributed by atoms with Crippen LogP contribution in [0.2, 0.25) is 0 Å². The van der Waals surface area contributed by atoms with Gasteiger partial charge in [0.15, 0.2) is 5.76 Å². The SMILES string of the molecule is COc1cccc(C(=O)Oc2c(-c3ccco3)oc3ccc(C)cc3c2=O)c1. The maximum atomic E-state index is 13.1. The van der Waals surface area contributed by atoms with E-state index in [0.717, 1.165) is 5.56 Å². The second-order valence-electron chi connectivity index (χ2n) is 6.19. The van der Waals surface area contributed by atoms with Crippen molar-refractivity contribution in [1.82, 2.24) is 0 Å². The number of carbonyl (C=O) groups is 1.